The van der Waals surface area contributed by atoms with E-state index in [9.17, 15) is 9.90 Å². The summed E-state index contributed by atoms with van der Waals surface area (Å²) in [4.78, 5) is 10.8. The Morgan fingerprint density at radius 3 is 2.30 bits per heavy atom. The van der Waals surface area contributed by atoms with E-state index >= 15 is 0 Å². The summed E-state index contributed by atoms with van der Waals surface area (Å²) >= 11 is 0. The lowest BCUT2D eigenvalue weighted by molar-refractivity contribution is -0.143. The van der Waals surface area contributed by atoms with Crippen LogP contribution in [0.5, 0.6) is 0 Å². The van der Waals surface area contributed by atoms with E-state index in [1.54, 1.807) is 6.08 Å². The van der Waals surface area contributed by atoms with E-state index in [0.29, 0.717) is 6.42 Å². The van der Waals surface area contributed by atoms with Crippen molar-refractivity contribution >= 4 is 14.3 Å². The number of aliphatic hydroxyl groups is 1. The van der Waals surface area contributed by atoms with Gasteiger partial charge in [0.2, 0.25) is 0 Å². The number of aliphatic hydroxyl groups excluding tert-OH is 1. The number of ether oxygens (including phenoxy) is 1. The second kappa shape index (κ2) is 7.95. The zero-order valence-electron chi connectivity index (χ0n) is 13.7. The minimum absolute atomic E-state index is 0.0293. The van der Waals surface area contributed by atoms with Gasteiger partial charge in [-0.15, -0.1) is 6.58 Å². The number of hydrogen-bond acceptors (Lipinski definition) is 4. The lowest BCUT2D eigenvalue weighted by Gasteiger charge is -2.39. The van der Waals surface area contributed by atoms with Gasteiger partial charge in [-0.25, -0.2) is 0 Å². The Bertz CT molecular complexity index is 320. The quantitative estimate of drug-likeness (QED) is 0.425. The molecular weight excluding hydrogens is 272 g/mol. The molecule has 5 heteroatoms. The third-order valence-corrected chi connectivity index (χ3v) is 8.37. The Kier molecular flexibility index (Phi) is 7.69. The summed E-state index contributed by atoms with van der Waals surface area (Å²) in [6.07, 6.45) is 2.26. The predicted octanol–water partition coefficient (Wildman–Crippen LogP) is 3.12. The maximum Gasteiger partial charge on any atom is 0.302 e. The molecule has 0 aromatic heterocycles. The van der Waals surface area contributed by atoms with Crippen LogP contribution in [-0.2, 0) is 14.0 Å². The van der Waals surface area contributed by atoms with Crippen molar-refractivity contribution in [3.05, 3.63) is 12.7 Å². The van der Waals surface area contributed by atoms with Crippen LogP contribution in [0, 0.1) is 5.92 Å². The van der Waals surface area contributed by atoms with Crippen molar-refractivity contribution in [2.75, 3.05) is 13.2 Å². The first-order valence-corrected chi connectivity index (χ1v) is 9.99. The molecule has 0 aliphatic carbocycles. The molecule has 20 heavy (non-hydrogen) atoms. The molecule has 0 fully saturated rings. The average molecular weight is 302 g/mol. The SMILES string of the molecule is C=C[C@@H](C[C@H](CO)COC(C)=O)O[Si](C)(C)C(C)(C)C. The molecule has 0 amide bonds. The van der Waals surface area contributed by atoms with E-state index in [1.165, 1.54) is 6.92 Å². The van der Waals surface area contributed by atoms with Gasteiger partial charge in [-0.05, 0) is 24.6 Å². The highest BCUT2D eigenvalue weighted by molar-refractivity contribution is 6.74. The van der Waals surface area contributed by atoms with E-state index < -0.39 is 8.32 Å². The first-order chi connectivity index (χ1) is 9.03. The molecule has 0 saturated heterocycles. The second-order valence-electron chi connectivity index (χ2n) is 6.74. The lowest BCUT2D eigenvalue weighted by atomic mass is 10.0. The van der Waals surface area contributed by atoms with Crippen molar-refractivity contribution in [2.45, 2.75) is 58.4 Å². The fourth-order valence-electron chi connectivity index (χ4n) is 1.51. The minimum Gasteiger partial charge on any atom is -0.465 e. The van der Waals surface area contributed by atoms with Crippen LogP contribution >= 0.6 is 0 Å². The number of hydrogen-bond donors (Lipinski definition) is 1. The van der Waals surface area contributed by atoms with Gasteiger partial charge in [-0.2, -0.15) is 0 Å². The zero-order valence-corrected chi connectivity index (χ0v) is 14.7. The summed E-state index contributed by atoms with van der Waals surface area (Å²) in [7, 11) is -1.87. The van der Waals surface area contributed by atoms with Gasteiger partial charge in [0.1, 0.15) is 0 Å². The predicted molar refractivity (Wildman–Crippen MR) is 84.1 cm³/mol. The van der Waals surface area contributed by atoms with E-state index in [1.807, 2.05) is 0 Å². The molecule has 118 valence electrons. The Hall–Kier alpha value is -0.653. The van der Waals surface area contributed by atoms with Crippen molar-refractivity contribution in [2.24, 2.45) is 5.92 Å². The van der Waals surface area contributed by atoms with E-state index in [0.717, 1.165) is 0 Å². The van der Waals surface area contributed by atoms with Gasteiger partial charge in [-0.1, -0.05) is 26.8 Å². The Labute approximate surface area is 124 Å². The monoisotopic (exact) mass is 302 g/mol. The van der Waals surface area contributed by atoms with Crippen LogP contribution in [0.25, 0.3) is 0 Å². The van der Waals surface area contributed by atoms with Crippen LogP contribution in [-0.4, -0.2) is 38.7 Å². The molecule has 0 rings (SSSR count). The number of esters is 1. The maximum absolute atomic E-state index is 10.8. The molecule has 0 spiro atoms. The van der Waals surface area contributed by atoms with Crippen LogP contribution in [0.4, 0.5) is 0 Å². The molecule has 0 aromatic rings. The van der Waals surface area contributed by atoms with Crippen molar-refractivity contribution in [3.8, 4) is 0 Å². The fourth-order valence-corrected chi connectivity index (χ4v) is 2.81. The van der Waals surface area contributed by atoms with Gasteiger partial charge in [0.25, 0.3) is 0 Å². The molecule has 0 radical (unpaired) electrons. The molecule has 0 bridgehead atoms. The third-order valence-electron chi connectivity index (χ3n) is 3.86. The molecule has 0 aliphatic rings. The van der Waals surface area contributed by atoms with Crippen LogP contribution < -0.4 is 0 Å². The standard InChI is InChI=1S/C15H30O4Si/c1-8-14(19-20(6,7)15(3,4)5)9-13(10-16)11-18-12(2)17/h8,13-14,16H,1,9-11H2,2-7H3/t13-,14+/m1/s1. The van der Waals surface area contributed by atoms with Crippen molar-refractivity contribution in [1.82, 2.24) is 0 Å². The van der Waals surface area contributed by atoms with Crippen molar-refractivity contribution in [1.29, 1.82) is 0 Å². The molecule has 0 heterocycles. The van der Waals surface area contributed by atoms with E-state index in [2.05, 4.69) is 40.4 Å². The third kappa shape index (κ3) is 6.68. The van der Waals surface area contributed by atoms with Crippen LogP contribution in [0.3, 0.4) is 0 Å². The largest absolute Gasteiger partial charge is 0.465 e. The Morgan fingerprint density at radius 1 is 1.40 bits per heavy atom. The highest BCUT2D eigenvalue weighted by atomic mass is 28.4. The molecule has 0 saturated carbocycles. The number of carbonyl (C=O) groups excluding carboxylic acids is 1. The smallest absolute Gasteiger partial charge is 0.302 e. The molecule has 4 nitrogen and oxygen atoms in total. The molecule has 0 aliphatic heterocycles. The van der Waals surface area contributed by atoms with Gasteiger partial charge in [0.15, 0.2) is 8.32 Å². The lowest BCUT2D eigenvalue weighted by Crippen LogP contribution is -2.44. The minimum atomic E-state index is -1.87. The highest BCUT2D eigenvalue weighted by Gasteiger charge is 2.39. The highest BCUT2D eigenvalue weighted by Crippen LogP contribution is 2.38. The zero-order chi connectivity index (χ0) is 16.0. The van der Waals surface area contributed by atoms with Gasteiger partial charge < -0.3 is 14.3 Å². The van der Waals surface area contributed by atoms with Crippen LogP contribution in [0.1, 0.15) is 34.1 Å². The Morgan fingerprint density at radius 2 is 1.95 bits per heavy atom. The molecule has 0 unspecified atom stereocenters. The average Bonchev–Trinajstić information content (AvgIpc) is 2.31. The molecular formula is C15H30O4Si. The molecule has 2 atom stereocenters. The maximum atomic E-state index is 10.8. The van der Waals surface area contributed by atoms with E-state index in [-0.39, 0.29) is 36.2 Å². The first kappa shape index (κ1) is 19.3. The van der Waals surface area contributed by atoms with E-state index in [4.69, 9.17) is 9.16 Å². The first-order valence-electron chi connectivity index (χ1n) is 7.08. The van der Waals surface area contributed by atoms with Gasteiger partial charge in [0, 0.05) is 19.4 Å². The van der Waals surface area contributed by atoms with Crippen molar-refractivity contribution in [3.63, 3.8) is 0 Å². The second-order valence-corrected chi connectivity index (χ2v) is 11.5. The summed E-state index contributed by atoms with van der Waals surface area (Å²) in [6, 6.07) is 0. The van der Waals surface area contributed by atoms with Gasteiger partial charge in [0.05, 0.1) is 12.7 Å². The van der Waals surface area contributed by atoms with Crippen LogP contribution in [0.2, 0.25) is 18.1 Å². The normalized spacial score (nSPS) is 15.6. The number of carbonyl (C=O) groups is 1. The summed E-state index contributed by atoms with van der Waals surface area (Å²) in [5.74, 6) is -0.449. The summed E-state index contributed by atoms with van der Waals surface area (Å²) < 4.78 is 11.2. The Balaban J connectivity index is 4.60. The number of rotatable bonds is 8. The summed E-state index contributed by atoms with van der Waals surface area (Å²) in [6.45, 7) is 16.3. The fraction of sp³-hybridized carbons (Fsp3) is 0.800. The molecule has 0 aromatic carbocycles. The summed E-state index contributed by atoms with van der Waals surface area (Å²) in [5, 5.41) is 9.50. The summed E-state index contributed by atoms with van der Waals surface area (Å²) in [5.41, 5.74) is 0. The van der Waals surface area contributed by atoms with Crippen LogP contribution in [0.15, 0.2) is 12.7 Å². The van der Waals surface area contributed by atoms with Gasteiger partial charge in [-0.3, -0.25) is 4.79 Å². The topological polar surface area (TPSA) is 55.8 Å². The van der Waals surface area contributed by atoms with Crippen molar-refractivity contribution < 1.29 is 19.1 Å². The van der Waals surface area contributed by atoms with Gasteiger partial charge >= 0.3 is 5.97 Å². The molecule has 1 N–H and O–H groups in total.